The molecule has 0 aliphatic carbocycles. The minimum atomic E-state index is -0.210. The minimum Gasteiger partial charge on any atom is -0.304 e. The Hall–Kier alpha value is -1.07. The summed E-state index contributed by atoms with van der Waals surface area (Å²) >= 11 is 7.73. The highest BCUT2D eigenvalue weighted by molar-refractivity contribution is 7.99. The summed E-state index contributed by atoms with van der Waals surface area (Å²) in [6.45, 7) is 4.09. The third-order valence-electron chi connectivity index (χ3n) is 4.97. The molecule has 5 heteroatoms. The summed E-state index contributed by atoms with van der Waals surface area (Å²) in [5.74, 6) is -0.210. The lowest BCUT2D eigenvalue weighted by Crippen LogP contribution is -2.46. The summed E-state index contributed by atoms with van der Waals surface area (Å²) in [6.07, 6.45) is 0.902. The van der Waals surface area contributed by atoms with E-state index < -0.39 is 0 Å². The van der Waals surface area contributed by atoms with E-state index in [1.165, 1.54) is 23.4 Å². The van der Waals surface area contributed by atoms with Crippen LogP contribution in [0.1, 0.15) is 17.2 Å². The van der Waals surface area contributed by atoms with E-state index in [2.05, 4.69) is 35.0 Å². The van der Waals surface area contributed by atoms with Gasteiger partial charge < -0.3 is 4.90 Å². The molecule has 0 amide bonds. The SMILES string of the molecule is CN1CCN(C2Cc3ccccc3Sc3c(F)cc(Cl)cc32)CC1. The van der Waals surface area contributed by atoms with Crippen LogP contribution >= 0.6 is 23.4 Å². The van der Waals surface area contributed by atoms with Crippen LogP contribution < -0.4 is 0 Å². The van der Waals surface area contributed by atoms with Gasteiger partial charge in [0.25, 0.3) is 0 Å². The molecular formula is C19H20ClFN2S. The fraction of sp³-hybridized carbons (Fsp3) is 0.368. The van der Waals surface area contributed by atoms with Crippen molar-refractivity contribution in [3.05, 3.63) is 58.4 Å². The highest BCUT2D eigenvalue weighted by Crippen LogP contribution is 2.45. The van der Waals surface area contributed by atoms with Crippen LogP contribution in [0.3, 0.4) is 0 Å². The normalized spacial score (nSPS) is 21.9. The second kappa shape index (κ2) is 6.68. The molecule has 0 aromatic heterocycles. The molecule has 0 spiro atoms. The maximum Gasteiger partial charge on any atom is 0.138 e. The minimum absolute atomic E-state index is 0.179. The highest BCUT2D eigenvalue weighted by Gasteiger charge is 2.31. The van der Waals surface area contributed by atoms with Gasteiger partial charge in [-0.25, -0.2) is 4.39 Å². The number of benzene rings is 2. The maximum atomic E-state index is 14.7. The first kappa shape index (κ1) is 16.4. The smallest absolute Gasteiger partial charge is 0.138 e. The van der Waals surface area contributed by atoms with Crippen molar-refractivity contribution < 1.29 is 4.39 Å². The van der Waals surface area contributed by atoms with Crippen molar-refractivity contribution in [1.29, 1.82) is 0 Å². The Morgan fingerprint density at radius 2 is 1.88 bits per heavy atom. The van der Waals surface area contributed by atoms with E-state index >= 15 is 0 Å². The zero-order chi connectivity index (χ0) is 16.7. The summed E-state index contributed by atoms with van der Waals surface area (Å²) in [5.41, 5.74) is 2.32. The second-order valence-electron chi connectivity index (χ2n) is 6.57. The van der Waals surface area contributed by atoms with Crippen LogP contribution in [0.15, 0.2) is 46.2 Å². The van der Waals surface area contributed by atoms with Crippen LogP contribution in [-0.4, -0.2) is 43.0 Å². The molecule has 2 aromatic rings. The lowest BCUT2D eigenvalue weighted by molar-refractivity contribution is 0.109. The highest BCUT2D eigenvalue weighted by atomic mass is 35.5. The number of hydrogen-bond donors (Lipinski definition) is 0. The summed E-state index contributed by atoms with van der Waals surface area (Å²) in [7, 11) is 2.15. The van der Waals surface area contributed by atoms with Crippen LogP contribution in [0.5, 0.6) is 0 Å². The molecule has 0 saturated carbocycles. The van der Waals surface area contributed by atoms with E-state index in [1.54, 1.807) is 0 Å². The first-order valence-corrected chi connectivity index (χ1v) is 9.48. The standard InChI is InChI=1S/C19H20ClFN2S/c1-22-6-8-23(9-7-22)17-10-13-4-2-3-5-18(13)24-19-15(17)11-14(20)12-16(19)21/h2-5,11-12,17H,6-10H2,1H3. The van der Waals surface area contributed by atoms with E-state index in [1.807, 2.05) is 12.1 Å². The molecule has 24 heavy (non-hydrogen) atoms. The predicted octanol–water partition coefficient (Wildman–Crippen LogP) is 4.47. The molecule has 0 radical (unpaired) electrons. The van der Waals surface area contributed by atoms with Gasteiger partial charge in [0, 0.05) is 42.1 Å². The Kier molecular flexibility index (Phi) is 4.56. The third kappa shape index (κ3) is 3.08. The molecule has 126 valence electrons. The van der Waals surface area contributed by atoms with E-state index in [0.717, 1.165) is 48.0 Å². The zero-order valence-corrected chi connectivity index (χ0v) is 15.2. The van der Waals surface area contributed by atoms with Gasteiger partial charge in [-0.15, -0.1) is 0 Å². The van der Waals surface area contributed by atoms with Gasteiger partial charge in [-0.2, -0.15) is 0 Å². The average molecular weight is 363 g/mol. The van der Waals surface area contributed by atoms with E-state index in [0.29, 0.717) is 5.02 Å². The van der Waals surface area contributed by atoms with E-state index in [-0.39, 0.29) is 11.9 Å². The molecule has 4 rings (SSSR count). The van der Waals surface area contributed by atoms with Crippen LogP contribution in [0.2, 0.25) is 5.02 Å². The molecule has 2 aliphatic heterocycles. The van der Waals surface area contributed by atoms with E-state index in [9.17, 15) is 4.39 Å². The monoisotopic (exact) mass is 362 g/mol. The molecule has 2 aliphatic rings. The summed E-state index contributed by atoms with van der Waals surface area (Å²) in [5, 5.41) is 0.483. The second-order valence-corrected chi connectivity index (χ2v) is 8.06. The number of nitrogens with zero attached hydrogens (tertiary/aromatic N) is 2. The van der Waals surface area contributed by atoms with Crippen molar-refractivity contribution >= 4 is 23.4 Å². The number of likely N-dealkylation sites (N-methyl/N-ethyl adjacent to an activating group) is 1. The van der Waals surface area contributed by atoms with Crippen LogP contribution in [0.4, 0.5) is 4.39 Å². The molecule has 0 bridgehead atoms. The van der Waals surface area contributed by atoms with Crippen molar-refractivity contribution in [3.8, 4) is 0 Å². The number of fused-ring (bicyclic) bond motifs is 2. The largest absolute Gasteiger partial charge is 0.304 e. The van der Waals surface area contributed by atoms with Gasteiger partial charge in [-0.1, -0.05) is 41.6 Å². The van der Waals surface area contributed by atoms with Gasteiger partial charge in [0.15, 0.2) is 0 Å². The number of piperazine rings is 1. The molecule has 2 nitrogen and oxygen atoms in total. The van der Waals surface area contributed by atoms with Gasteiger partial charge in [0.1, 0.15) is 5.82 Å². The Morgan fingerprint density at radius 3 is 2.67 bits per heavy atom. The summed E-state index contributed by atoms with van der Waals surface area (Å²) < 4.78 is 14.7. The molecule has 1 atom stereocenters. The fourth-order valence-electron chi connectivity index (χ4n) is 3.60. The Bertz CT molecular complexity index is 759. The van der Waals surface area contributed by atoms with E-state index in [4.69, 9.17) is 11.6 Å². The molecule has 1 fully saturated rings. The lowest BCUT2D eigenvalue weighted by atomic mass is 9.96. The first-order valence-electron chi connectivity index (χ1n) is 8.29. The average Bonchev–Trinajstić information content (AvgIpc) is 2.73. The third-order valence-corrected chi connectivity index (χ3v) is 6.44. The van der Waals surface area contributed by atoms with Gasteiger partial charge in [-0.3, -0.25) is 4.90 Å². The quantitative estimate of drug-likeness (QED) is 0.738. The lowest BCUT2D eigenvalue weighted by Gasteiger charge is -2.38. The zero-order valence-electron chi connectivity index (χ0n) is 13.6. The first-order chi connectivity index (χ1) is 11.6. The molecule has 1 saturated heterocycles. The van der Waals surface area contributed by atoms with Crippen molar-refractivity contribution in [2.45, 2.75) is 22.3 Å². The van der Waals surface area contributed by atoms with Crippen LogP contribution in [0, 0.1) is 5.82 Å². The van der Waals surface area contributed by atoms with Crippen molar-refractivity contribution in [1.82, 2.24) is 9.80 Å². The number of rotatable bonds is 1. The Balaban J connectivity index is 1.80. The number of halogens is 2. The fourth-order valence-corrected chi connectivity index (χ4v) is 4.93. The van der Waals surface area contributed by atoms with Crippen molar-refractivity contribution in [2.24, 2.45) is 0 Å². The molecule has 2 aromatic carbocycles. The molecule has 0 N–H and O–H groups in total. The maximum absolute atomic E-state index is 14.7. The van der Waals surface area contributed by atoms with Crippen molar-refractivity contribution in [3.63, 3.8) is 0 Å². The predicted molar refractivity (Wildman–Crippen MR) is 97.5 cm³/mol. The molecule has 1 unspecified atom stereocenters. The Morgan fingerprint density at radius 1 is 1.12 bits per heavy atom. The van der Waals surface area contributed by atoms with Gasteiger partial charge in [0.2, 0.25) is 0 Å². The molecular weight excluding hydrogens is 343 g/mol. The van der Waals surface area contributed by atoms with Gasteiger partial charge in [-0.05, 0) is 42.8 Å². The topological polar surface area (TPSA) is 6.48 Å². The van der Waals surface area contributed by atoms with Crippen molar-refractivity contribution in [2.75, 3.05) is 33.2 Å². The number of hydrogen-bond acceptors (Lipinski definition) is 3. The summed E-state index contributed by atoms with van der Waals surface area (Å²) in [4.78, 5) is 6.71. The molecule has 2 heterocycles. The Labute approximate surface area is 151 Å². The van der Waals surface area contributed by atoms with Gasteiger partial charge in [0.05, 0.1) is 4.90 Å². The van der Waals surface area contributed by atoms with Gasteiger partial charge >= 0.3 is 0 Å². The van der Waals surface area contributed by atoms with Crippen LogP contribution in [-0.2, 0) is 6.42 Å². The summed E-state index contributed by atoms with van der Waals surface area (Å²) in [6, 6.07) is 11.9. The van der Waals surface area contributed by atoms with Crippen LogP contribution in [0.25, 0.3) is 0 Å².